The average Bonchev–Trinajstić information content (AvgIpc) is 2.84. The van der Waals surface area contributed by atoms with E-state index in [0.717, 1.165) is 17.3 Å². The normalized spacial score (nSPS) is 11.2. The fourth-order valence-corrected chi connectivity index (χ4v) is 4.40. The van der Waals surface area contributed by atoms with Crippen LogP contribution in [0, 0.1) is 0 Å². The van der Waals surface area contributed by atoms with Gasteiger partial charge in [-0.1, -0.05) is 29.3 Å². The van der Waals surface area contributed by atoms with E-state index >= 15 is 0 Å². The number of nitrogens with zero attached hydrogens (tertiary/aromatic N) is 3. The summed E-state index contributed by atoms with van der Waals surface area (Å²) in [5, 5.41) is 4.95. The van der Waals surface area contributed by atoms with Crippen LogP contribution in [0.15, 0.2) is 47.6 Å². The number of hydrogen-bond donors (Lipinski definition) is 0. The molecule has 0 fully saturated rings. The minimum atomic E-state index is -0.523. The van der Waals surface area contributed by atoms with Crippen molar-refractivity contribution in [3.05, 3.63) is 59.4 Å². The number of carbonyl (C=O) groups is 1. The molecule has 0 aliphatic carbocycles. The number of ether oxygens (including phenoxy) is 3. The first-order valence-corrected chi connectivity index (χ1v) is 12.7. The van der Waals surface area contributed by atoms with Gasteiger partial charge in [-0.05, 0) is 62.5 Å². The second-order valence-electron chi connectivity index (χ2n) is 7.14. The Morgan fingerprint density at radius 2 is 1.94 bits per heavy atom. The lowest BCUT2D eigenvalue weighted by Crippen LogP contribution is -2.22. The summed E-state index contributed by atoms with van der Waals surface area (Å²) in [4.78, 5) is 29.4. The van der Waals surface area contributed by atoms with Crippen LogP contribution in [0.2, 0.25) is 0 Å². The van der Waals surface area contributed by atoms with Gasteiger partial charge in [-0.2, -0.15) is 9.78 Å². The number of aromatic nitrogens is 2. The van der Waals surface area contributed by atoms with Crippen molar-refractivity contribution in [2.75, 3.05) is 20.8 Å². The third-order valence-electron chi connectivity index (χ3n) is 4.88. The molecule has 0 amide bonds. The summed E-state index contributed by atoms with van der Waals surface area (Å²) in [6.45, 7) is 1.80. The van der Waals surface area contributed by atoms with Gasteiger partial charge in [0.1, 0.15) is 5.82 Å². The molecule has 0 atom stereocenters. The Labute approximate surface area is 221 Å². The van der Waals surface area contributed by atoms with Crippen molar-refractivity contribution in [3.63, 3.8) is 0 Å². The Bertz CT molecular complexity index is 1310. The summed E-state index contributed by atoms with van der Waals surface area (Å²) in [6.07, 6.45) is 3.99. The maximum Gasteiger partial charge on any atom is 0.343 e. The first-order chi connectivity index (χ1) is 16.3. The van der Waals surface area contributed by atoms with Crippen LogP contribution in [0.3, 0.4) is 0 Å². The van der Waals surface area contributed by atoms with E-state index in [2.05, 4.69) is 69.5 Å². The summed E-state index contributed by atoms with van der Waals surface area (Å²) in [5.74, 6) is 0.762. The van der Waals surface area contributed by atoms with Gasteiger partial charge in [-0.25, -0.2) is 9.78 Å². The number of benzene rings is 2. The number of esters is 1. The number of methoxy groups -OCH3 is 2. The fourth-order valence-electron chi connectivity index (χ4n) is 3.11. The highest BCUT2D eigenvalue weighted by Crippen LogP contribution is 2.42. The minimum absolute atomic E-state index is 0.256. The topological polar surface area (TPSA) is 92.0 Å². The van der Waals surface area contributed by atoms with E-state index in [1.807, 2.05) is 12.1 Å². The highest BCUT2D eigenvalue weighted by Gasteiger charge is 2.18. The lowest BCUT2D eigenvalue weighted by atomic mass is 10.2. The molecule has 0 saturated heterocycles. The first-order valence-electron chi connectivity index (χ1n) is 10.3. The molecular formula is C23H22Br3N3O5. The number of rotatable bonds is 9. The Morgan fingerprint density at radius 3 is 2.62 bits per heavy atom. The lowest BCUT2D eigenvalue weighted by molar-refractivity contribution is -0.142. The number of unbranched alkanes of at least 4 members (excludes halogenated alkanes) is 1. The largest absolute Gasteiger partial charge is 0.493 e. The Kier molecular flexibility index (Phi) is 9.26. The van der Waals surface area contributed by atoms with Gasteiger partial charge < -0.3 is 14.2 Å². The van der Waals surface area contributed by atoms with E-state index in [-0.39, 0.29) is 12.2 Å². The zero-order valence-corrected chi connectivity index (χ0v) is 23.5. The van der Waals surface area contributed by atoms with Crippen LogP contribution < -0.4 is 15.0 Å². The molecule has 2 aromatic carbocycles. The summed E-state index contributed by atoms with van der Waals surface area (Å²) in [5.41, 5.74) is 0.995. The van der Waals surface area contributed by atoms with E-state index in [0.29, 0.717) is 49.2 Å². The fraction of sp³-hybridized carbons (Fsp3) is 0.304. The van der Waals surface area contributed by atoms with E-state index in [1.54, 1.807) is 18.3 Å². The molecule has 0 aliphatic heterocycles. The minimum Gasteiger partial charge on any atom is -0.493 e. The van der Waals surface area contributed by atoms with Gasteiger partial charge in [-0.15, -0.1) is 0 Å². The molecular weight excluding hydrogens is 638 g/mol. The van der Waals surface area contributed by atoms with Gasteiger partial charge in [0.2, 0.25) is 0 Å². The highest BCUT2D eigenvalue weighted by molar-refractivity contribution is 9.13. The summed E-state index contributed by atoms with van der Waals surface area (Å²) < 4.78 is 18.9. The quantitative estimate of drug-likeness (QED) is 0.224. The van der Waals surface area contributed by atoms with Crippen LogP contribution in [-0.2, 0) is 16.0 Å². The van der Waals surface area contributed by atoms with Crippen molar-refractivity contribution >= 4 is 70.9 Å². The zero-order valence-electron chi connectivity index (χ0n) is 18.7. The molecule has 1 aromatic heterocycles. The molecule has 0 radical (unpaired) electrons. The molecule has 3 aromatic rings. The molecule has 34 heavy (non-hydrogen) atoms. The summed E-state index contributed by atoms with van der Waals surface area (Å²) >= 11 is 10.4. The molecule has 0 saturated carbocycles. The van der Waals surface area contributed by atoms with Crippen molar-refractivity contribution < 1.29 is 19.0 Å². The monoisotopic (exact) mass is 657 g/mol. The van der Waals surface area contributed by atoms with Crippen LogP contribution in [0.1, 0.15) is 31.2 Å². The second kappa shape index (κ2) is 11.9. The maximum absolute atomic E-state index is 13.3. The Morgan fingerprint density at radius 1 is 1.18 bits per heavy atom. The lowest BCUT2D eigenvalue weighted by Gasteiger charge is -2.15. The molecule has 3 rings (SSSR count). The van der Waals surface area contributed by atoms with Crippen LogP contribution in [-0.4, -0.2) is 42.7 Å². The number of hydrogen-bond acceptors (Lipinski definition) is 7. The van der Waals surface area contributed by atoms with Gasteiger partial charge in [0.25, 0.3) is 5.56 Å². The van der Waals surface area contributed by atoms with Crippen molar-refractivity contribution in [2.24, 2.45) is 5.10 Å². The van der Waals surface area contributed by atoms with Crippen molar-refractivity contribution in [1.29, 1.82) is 0 Å². The zero-order chi connectivity index (χ0) is 24.8. The number of aryl methyl sites for hydroxylation is 1. The van der Waals surface area contributed by atoms with Gasteiger partial charge in [0.05, 0.1) is 35.8 Å². The predicted octanol–water partition coefficient (Wildman–Crippen LogP) is 5.47. The van der Waals surface area contributed by atoms with Crippen LogP contribution in [0.25, 0.3) is 10.9 Å². The SMILES string of the molecule is CCCCc1nc2ccc(Br)cc2c(=O)n1N=Cc1cc(OC)c(OCC(=O)OC)c(Br)c1Br. The van der Waals surface area contributed by atoms with E-state index in [4.69, 9.17) is 9.47 Å². The Hall–Kier alpha value is -2.24. The molecule has 0 unspecified atom stereocenters. The first kappa shape index (κ1) is 26.4. The molecule has 8 nitrogen and oxygen atoms in total. The molecule has 0 bridgehead atoms. The highest BCUT2D eigenvalue weighted by atomic mass is 79.9. The standard InChI is InChI=1S/C23H22Br3N3O5/c1-4-5-6-18-28-16-8-7-14(24)10-15(16)23(31)29(18)27-11-13-9-17(32-2)22(21(26)20(13)25)34-12-19(30)33-3/h7-11H,4-6,12H2,1-3H3. The van der Waals surface area contributed by atoms with Gasteiger partial charge in [-0.3, -0.25) is 4.79 Å². The van der Waals surface area contributed by atoms with Gasteiger partial charge >= 0.3 is 5.97 Å². The smallest absolute Gasteiger partial charge is 0.343 e. The van der Waals surface area contributed by atoms with E-state index in [9.17, 15) is 9.59 Å². The van der Waals surface area contributed by atoms with E-state index in [1.165, 1.54) is 18.9 Å². The molecule has 1 heterocycles. The van der Waals surface area contributed by atoms with Crippen molar-refractivity contribution in [1.82, 2.24) is 9.66 Å². The molecule has 0 spiro atoms. The number of carbonyl (C=O) groups excluding carboxylic acids is 1. The predicted molar refractivity (Wildman–Crippen MR) is 141 cm³/mol. The number of halogens is 3. The van der Waals surface area contributed by atoms with Crippen LogP contribution in [0.4, 0.5) is 0 Å². The third kappa shape index (κ3) is 5.87. The summed E-state index contributed by atoms with van der Waals surface area (Å²) in [6, 6.07) is 7.10. The van der Waals surface area contributed by atoms with E-state index < -0.39 is 5.97 Å². The van der Waals surface area contributed by atoms with Crippen LogP contribution in [0.5, 0.6) is 11.5 Å². The Balaban J connectivity index is 2.08. The van der Waals surface area contributed by atoms with Gasteiger partial charge in [0.15, 0.2) is 18.1 Å². The molecule has 180 valence electrons. The van der Waals surface area contributed by atoms with Crippen molar-refractivity contribution in [2.45, 2.75) is 26.2 Å². The van der Waals surface area contributed by atoms with Crippen LogP contribution >= 0.6 is 47.8 Å². The third-order valence-corrected chi connectivity index (χ3v) is 7.52. The molecule has 11 heteroatoms. The summed E-state index contributed by atoms with van der Waals surface area (Å²) in [7, 11) is 2.77. The maximum atomic E-state index is 13.3. The average molecular weight is 660 g/mol. The van der Waals surface area contributed by atoms with Crippen molar-refractivity contribution in [3.8, 4) is 11.5 Å². The second-order valence-corrected chi connectivity index (χ2v) is 9.65. The van der Waals surface area contributed by atoms with Gasteiger partial charge in [0, 0.05) is 20.9 Å². The molecule has 0 aliphatic rings. The molecule has 0 N–H and O–H groups in total. The number of fused-ring (bicyclic) bond motifs is 1.